The Morgan fingerprint density at radius 2 is 1.89 bits per heavy atom. The summed E-state index contributed by atoms with van der Waals surface area (Å²) < 4.78 is 6.49. The van der Waals surface area contributed by atoms with Crippen LogP contribution in [-0.4, -0.2) is 22.4 Å². The number of phenolic OH excluding ortho intramolecular Hbond substituents is 1. The molecule has 28 heavy (non-hydrogen) atoms. The molecule has 158 valence electrons. The first-order chi connectivity index (χ1) is 13.2. The molecular weight excluding hydrogens is 348 g/mol. The van der Waals surface area contributed by atoms with Crippen LogP contribution in [0.25, 0.3) is 0 Å². The van der Waals surface area contributed by atoms with Gasteiger partial charge in [0.2, 0.25) is 0 Å². The van der Waals surface area contributed by atoms with Crippen molar-refractivity contribution in [3.8, 4) is 11.5 Å². The van der Waals surface area contributed by atoms with Gasteiger partial charge in [0.1, 0.15) is 17.1 Å². The monoisotopic (exact) mass is 388 g/mol. The highest BCUT2D eigenvalue weighted by atomic mass is 16.5. The van der Waals surface area contributed by atoms with Gasteiger partial charge in [-0.1, -0.05) is 46.5 Å². The van der Waals surface area contributed by atoms with E-state index in [9.17, 15) is 10.2 Å². The summed E-state index contributed by atoms with van der Waals surface area (Å²) >= 11 is 0. The van der Waals surface area contributed by atoms with E-state index in [0.29, 0.717) is 17.6 Å². The first-order valence-electron chi connectivity index (χ1n) is 11.4. The molecule has 0 spiro atoms. The average Bonchev–Trinajstić information content (AvgIpc) is 2.63. The predicted molar refractivity (Wildman–Crippen MR) is 115 cm³/mol. The van der Waals surface area contributed by atoms with Gasteiger partial charge in [-0.05, 0) is 74.5 Å². The van der Waals surface area contributed by atoms with Crippen LogP contribution in [0.5, 0.6) is 11.5 Å². The van der Waals surface area contributed by atoms with E-state index in [1.54, 1.807) is 0 Å². The fourth-order valence-electron chi connectivity index (χ4n) is 5.53. The van der Waals surface area contributed by atoms with Gasteiger partial charge < -0.3 is 14.9 Å². The number of ether oxygens (including phenoxy) is 1. The second-order valence-electron chi connectivity index (χ2n) is 10.4. The summed E-state index contributed by atoms with van der Waals surface area (Å²) in [5, 5.41) is 20.7. The van der Waals surface area contributed by atoms with Gasteiger partial charge in [0.25, 0.3) is 0 Å². The van der Waals surface area contributed by atoms with E-state index >= 15 is 0 Å². The minimum atomic E-state index is -0.242. The average molecular weight is 389 g/mol. The summed E-state index contributed by atoms with van der Waals surface area (Å²) in [7, 11) is 0. The molecule has 0 unspecified atom stereocenters. The summed E-state index contributed by atoms with van der Waals surface area (Å²) in [5.74, 6) is 2.24. The van der Waals surface area contributed by atoms with Crippen LogP contribution in [0, 0.1) is 11.8 Å². The zero-order valence-corrected chi connectivity index (χ0v) is 18.6. The summed E-state index contributed by atoms with van der Waals surface area (Å²) in [4.78, 5) is 0. The van der Waals surface area contributed by atoms with Crippen molar-refractivity contribution in [2.24, 2.45) is 11.8 Å². The second-order valence-corrected chi connectivity index (χ2v) is 10.4. The topological polar surface area (TPSA) is 49.7 Å². The lowest BCUT2D eigenvalue weighted by Gasteiger charge is -2.49. The van der Waals surface area contributed by atoms with Crippen LogP contribution in [0.1, 0.15) is 103 Å². The summed E-state index contributed by atoms with van der Waals surface area (Å²) in [6.07, 6.45) is 9.18. The molecule has 1 aliphatic heterocycles. The highest BCUT2D eigenvalue weighted by Gasteiger charge is 2.47. The lowest BCUT2D eigenvalue weighted by Crippen LogP contribution is -2.47. The van der Waals surface area contributed by atoms with Crippen LogP contribution in [0.2, 0.25) is 0 Å². The molecule has 2 N–H and O–H groups in total. The zero-order valence-electron chi connectivity index (χ0n) is 18.6. The first kappa shape index (κ1) is 21.5. The van der Waals surface area contributed by atoms with Gasteiger partial charge in [0.05, 0.1) is 0 Å². The Morgan fingerprint density at radius 3 is 2.57 bits per heavy atom. The van der Waals surface area contributed by atoms with Crippen molar-refractivity contribution in [2.75, 3.05) is 6.61 Å². The minimum absolute atomic E-state index is 0.0187. The van der Waals surface area contributed by atoms with E-state index in [4.69, 9.17) is 4.74 Å². The van der Waals surface area contributed by atoms with Gasteiger partial charge in [-0.25, -0.2) is 0 Å². The molecule has 0 saturated heterocycles. The van der Waals surface area contributed by atoms with Crippen molar-refractivity contribution in [2.45, 2.75) is 103 Å². The smallest absolute Gasteiger partial charge is 0.127 e. The molecule has 0 radical (unpaired) electrons. The third-order valence-electron chi connectivity index (χ3n) is 7.41. The molecule has 0 bridgehead atoms. The largest absolute Gasteiger partial charge is 0.508 e. The Balaban J connectivity index is 1.91. The third kappa shape index (κ3) is 4.20. The number of aliphatic hydroxyl groups excluding tert-OH is 1. The van der Waals surface area contributed by atoms with Crippen molar-refractivity contribution in [1.82, 2.24) is 0 Å². The molecule has 1 fully saturated rings. The van der Waals surface area contributed by atoms with Crippen molar-refractivity contribution >= 4 is 0 Å². The number of fused-ring (bicyclic) bond motifs is 3. The number of phenols is 1. The lowest BCUT2D eigenvalue weighted by molar-refractivity contribution is -0.0211. The van der Waals surface area contributed by atoms with Crippen LogP contribution in [-0.2, 0) is 5.41 Å². The Labute approximate surface area is 171 Å². The van der Waals surface area contributed by atoms with E-state index < -0.39 is 0 Å². The Bertz CT molecular complexity index is 677. The maximum Gasteiger partial charge on any atom is 0.127 e. The van der Waals surface area contributed by atoms with Crippen molar-refractivity contribution in [3.05, 3.63) is 23.3 Å². The van der Waals surface area contributed by atoms with E-state index in [2.05, 4.69) is 40.7 Å². The number of hydrogen-bond donors (Lipinski definition) is 2. The quantitative estimate of drug-likeness (QED) is 0.539. The molecule has 1 aromatic rings. The molecule has 1 saturated carbocycles. The van der Waals surface area contributed by atoms with E-state index in [0.717, 1.165) is 37.0 Å². The lowest BCUT2D eigenvalue weighted by atomic mass is 9.63. The molecule has 0 aromatic heterocycles. The maximum absolute atomic E-state index is 11.0. The highest BCUT2D eigenvalue weighted by Crippen LogP contribution is 2.56. The van der Waals surface area contributed by atoms with E-state index in [-0.39, 0.29) is 23.5 Å². The molecular formula is C25H40O3. The number of benzene rings is 1. The second kappa shape index (κ2) is 8.26. The Kier molecular flexibility index (Phi) is 6.34. The number of aliphatic hydroxyl groups is 1. The van der Waals surface area contributed by atoms with Gasteiger partial charge >= 0.3 is 0 Å². The number of aromatic hydroxyl groups is 1. The van der Waals surface area contributed by atoms with Crippen LogP contribution >= 0.6 is 0 Å². The van der Waals surface area contributed by atoms with Gasteiger partial charge in [0.15, 0.2) is 0 Å². The van der Waals surface area contributed by atoms with Crippen molar-refractivity contribution < 1.29 is 14.9 Å². The standard InChI is InChI=1S/C25H40O3/c1-6-7-8-9-12-24(2,3)18-14-21(27)23-19-13-17(16-26)10-11-20(19)25(4,5)28-22(23)15-18/h14-15,17,19-20,26-27H,6-13,16H2,1-5H3/t17-,19+,20+/m0/s1. The molecule has 1 heterocycles. The molecule has 3 nitrogen and oxygen atoms in total. The van der Waals surface area contributed by atoms with Crippen LogP contribution in [0.15, 0.2) is 12.1 Å². The summed E-state index contributed by atoms with van der Waals surface area (Å²) in [6, 6.07) is 4.18. The zero-order chi connectivity index (χ0) is 20.5. The molecule has 2 aliphatic rings. The van der Waals surface area contributed by atoms with Crippen molar-refractivity contribution in [1.29, 1.82) is 0 Å². The Morgan fingerprint density at radius 1 is 1.14 bits per heavy atom. The summed E-state index contributed by atoms with van der Waals surface area (Å²) in [5.41, 5.74) is 1.93. The van der Waals surface area contributed by atoms with Crippen molar-refractivity contribution in [3.63, 3.8) is 0 Å². The van der Waals surface area contributed by atoms with Gasteiger partial charge in [-0.2, -0.15) is 0 Å². The fourth-order valence-corrected chi connectivity index (χ4v) is 5.53. The number of unbranched alkanes of at least 4 members (excludes halogenated alkanes) is 3. The summed E-state index contributed by atoms with van der Waals surface area (Å²) in [6.45, 7) is 11.4. The van der Waals surface area contributed by atoms with Gasteiger partial charge in [0, 0.05) is 18.1 Å². The predicted octanol–water partition coefficient (Wildman–Crippen LogP) is 6.30. The SMILES string of the molecule is CCCCCCC(C)(C)c1cc(O)c2c(c1)OC(C)(C)[C@@H]1CC[C@H](CO)C[C@@H]21. The highest BCUT2D eigenvalue weighted by molar-refractivity contribution is 5.53. The molecule has 3 heteroatoms. The van der Waals surface area contributed by atoms with Crippen LogP contribution in [0.3, 0.4) is 0 Å². The molecule has 0 amide bonds. The van der Waals surface area contributed by atoms with Crippen LogP contribution < -0.4 is 4.74 Å². The Hall–Kier alpha value is -1.22. The third-order valence-corrected chi connectivity index (χ3v) is 7.41. The molecule has 3 atom stereocenters. The van der Waals surface area contributed by atoms with E-state index in [1.807, 2.05) is 6.07 Å². The van der Waals surface area contributed by atoms with Gasteiger partial charge in [-0.15, -0.1) is 0 Å². The molecule has 1 aliphatic carbocycles. The van der Waals surface area contributed by atoms with Crippen LogP contribution in [0.4, 0.5) is 0 Å². The van der Waals surface area contributed by atoms with E-state index in [1.165, 1.54) is 31.2 Å². The first-order valence-corrected chi connectivity index (χ1v) is 11.4. The number of rotatable bonds is 7. The fraction of sp³-hybridized carbons (Fsp3) is 0.760. The normalized spacial score (nSPS) is 26.3. The molecule has 1 aromatic carbocycles. The minimum Gasteiger partial charge on any atom is -0.508 e. The van der Waals surface area contributed by atoms with Gasteiger partial charge in [-0.3, -0.25) is 0 Å². The maximum atomic E-state index is 11.0. The number of hydrogen-bond acceptors (Lipinski definition) is 3. The molecule has 3 rings (SSSR count).